The van der Waals surface area contributed by atoms with Crippen molar-refractivity contribution in [3.8, 4) is 0 Å². The van der Waals surface area contributed by atoms with Crippen LogP contribution in [0.1, 0.15) is 39.7 Å². The van der Waals surface area contributed by atoms with E-state index in [1.165, 1.54) is 6.07 Å². The van der Waals surface area contributed by atoms with Crippen LogP contribution in [-0.4, -0.2) is 15.8 Å². The maximum Gasteiger partial charge on any atom is 0.136 e. The highest BCUT2D eigenvalue weighted by atomic mass is 32.2. The van der Waals surface area contributed by atoms with Crippen molar-refractivity contribution in [2.45, 2.75) is 45.3 Å². The van der Waals surface area contributed by atoms with Crippen LogP contribution in [0.15, 0.2) is 24.3 Å². The Kier molecular flexibility index (Phi) is 6.30. The lowest BCUT2D eigenvalue weighted by Crippen LogP contribution is -2.40. The smallest absolute Gasteiger partial charge is 0.136 e. The van der Waals surface area contributed by atoms with Gasteiger partial charge in [-0.3, -0.25) is 0 Å². The summed E-state index contributed by atoms with van der Waals surface area (Å²) in [6.45, 7) is 8.62. The number of hydrogen-bond donors (Lipinski definition) is 1. The van der Waals surface area contributed by atoms with Crippen LogP contribution in [0.2, 0.25) is 0 Å². The number of benzene rings is 1. The van der Waals surface area contributed by atoms with E-state index in [1.807, 2.05) is 32.9 Å². The van der Waals surface area contributed by atoms with Crippen LogP contribution in [0.25, 0.3) is 0 Å². The van der Waals surface area contributed by atoms with Crippen LogP contribution in [0.4, 0.5) is 4.39 Å². The lowest BCUT2D eigenvalue weighted by atomic mass is 9.98. The third-order valence-corrected chi connectivity index (χ3v) is 4.53. The maximum absolute atomic E-state index is 13.5. The van der Waals surface area contributed by atoms with E-state index < -0.39 is 11.4 Å². The van der Waals surface area contributed by atoms with Crippen molar-refractivity contribution in [2.75, 3.05) is 6.54 Å². The van der Waals surface area contributed by atoms with Gasteiger partial charge in [-0.15, -0.1) is 4.72 Å². The van der Waals surface area contributed by atoms with Crippen molar-refractivity contribution in [3.05, 3.63) is 35.6 Å². The first-order valence-corrected chi connectivity index (χ1v) is 7.84. The van der Waals surface area contributed by atoms with Gasteiger partial charge in [-0.05, 0) is 51.2 Å². The third-order valence-electron chi connectivity index (χ3n) is 2.95. The fourth-order valence-electron chi connectivity index (χ4n) is 1.76. The molecule has 0 heterocycles. The summed E-state index contributed by atoms with van der Waals surface area (Å²) >= 11 is -1.03. The number of nitrogens with one attached hydrogen (secondary N) is 1. The topological polar surface area (TPSA) is 35.1 Å². The average molecular weight is 285 g/mol. The quantitative estimate of drug-likeness (QED) is 0.813. The first-order chi connectivity index (χ1) is 8.80. The molecule has 1 aromatic carbocycles. The second-order valence-corrected chi connectivity index (χ2v) is 8.02. The van der Waals surface area contributed by atoms with Crippen molar-refractivity contribution in [3.63, 3.8) is 0 Å². The van der Waals surface area contributed by atoms with Gasteiger partial charge >= 0.3 is 0 Å². The van der Waals surface area contributed by atoms with Gasteiger partial charge in [0.1, 0.15) is 10.6 Å². The molecule has 1 rings (SSSR count). The first kappa shape index (κ1) is 16.5. The molecule has 0 saturated heterocycles. The monoisotopic (exact) mass is 285 g/mol. The van der Waals surface area contributed by atoms with Gasteiger partial charge in [0.05, 0.1) is 0 Å². The van der Waals surface area contributed by atoms with E-state index in [0.717, 1.165) is 18.4 Å². The van der Waals surface area contributed by atoms with E-state index in [2.05, 4.69) is 11.6 Å². The Morgan fingerprint density at radius 3 is 2.53 bits per heavy atom. The second kappa shape index (κ2) is 7.27. The van der Waals surface area contributed by atoms with Crippen molar-refractivity contribution in [1.82, 2.24) is 4.72 Å². The Bertz CT molecular complexity index is 392. The van der Waals surface area contributed by atoms with Crippen LogP contribution in [0.5, 0.6) is 0 Å². The zero-order valence-corrected chi connectivity index (χ0v) is 13.0. The molecular weight excluding hydrogens is 261 g/mol. The first-order valence-electron chi connectivity index (χ1n) is 6.69. The highest BCUT2D eigenvalue weighted by Gasteiger charge is 2.25. The van der Waals surface area contributed by atoms with Gasteiger partial charge in [0.2, 0.25) is 0 Å². The molecule has 0 bridgehead atoms. The minimum absolute atomic E-state index is 0.138. The molecule has 19 heavy (non-hydrogen) atoms. The molecule has 108 valence electrons. The van der Waals surface area contributed by atoms with E-state index >= 15 is 0 Å². The Hall–Kier alpha value is -0.580. The molecule has 0 spiro atoms. The van der Waals surface area contributed by atoms with E-state index in [-0.39, 0.29) is 10.6 Å². The molecule has 0 saturated carbocycles. The summed E-state index contributed by atoms with van der Waals surface area (Å²) in [5.41, 5.74) is 0.756. The summed E-state index contributed by atoms with van der Waals surface area (Å²) in [6.07, 6.45) is 1.60. The Balaban J connectivity index is 2.33. The summed E-state index contributed by atoms with van der Waals surface area (Å²) in [6, 6.07) is 6.89. The molecule has 2 atom stereocenters. The largest absolute Gasteiger partial charge is 0.598 e. The SMILES string of the molecule is C[C@@H](CCN[S+]([O-])C(C)(C)C)Cc1ccccc1F. The van der Waals surface area contributed by atoms with Crippen molar-refractivity contribution >= 4 is 11.4 Å². The maximum atomic E-state index is 13.5. The van der Waals surface area contributed by atoms with Crippen LogP contribution in [-0.2, 0) is 17.8 Å². The Labute approximate surface area is 119 Å². The van der Waals surface area contributed by atoms with Crippen LogP contribution in [0.3, 0.4) is 0 Å². The highest BCUT2D eigenvalue weighted by molar-refractivity contribution is 7.90. The number of rotatable bonds is 6. The molecule has 0 radical (unpaired) electrons. The summed E-state index contributed by atoms with van der Waals surface area (Å²) in [5.74, 6) is 0.224. The molecular formula is C15H24FNOS. The summed E-state index contributed by atoms with van der Waals surface area (Å²) in [5, 5.41) is 0. The zero-order valence-electron chi connectivity index (χ0n) is 12.2. The van der Waals surface area contributed by atoms with Gasteiger partial charge < -0.3 is 4.55 Å². The molecule has 2 nitrogen and oxygen atoms in total. The second-order valence-electron chi connectivity index (χ2n) is 5.96. The fourth-order valence-corrected chi connectivity index (χ4v) is 2.49. The van der Waals surface area contributed by atoms with Gasteiger partial charge in [0.25, 0.3) is 0 Å². The van der Waals surface area contributed by atoms with Crippen molar-refractivity contribution in [2.24, 2.45) is 5.92 Å². The van der Waals surface area contributed by atoms with Gasteiger partial charge in [-0.25, -0.2) is 4.39 Å². The lowest BCUT2D eigenvalue weighted by Gasteiger charge is -2.24. The Morgan fingerprint density at radius 2 is 1.95 bits per heavy atom. The average Bonchev–Trinajstić information content (AvgIpc) is 2.31. The van der Waals surface area contributed by atoms with Crippen molar-refractivity contribution in [1.29, 1.82) is 0 Å². The number of halogens is 1. The summed E-state index contributed by atoms with van der Waals surface area (Å²) < 4.78 is 28.1. The molecule has 1 N–H and O–H groups in total. The molecule has 0 aliphatic heterocycles. The summed E-state index contributed by atoms with van der Waals surface area (Å²) in [7, 11) is 0. The van der Waals surface area contributed by atoms with Crippen LogP contribution >= 0.6 is 0 Å². The third kappa shape index (κ3) is 5.93. The Morgan fingerprint density at radius 1 is 1.32 bits per heavy atom. The molecule has 1 aromatic rings. The van der Waals surface area contributed by atoms with Gasteiger partial charge in [-0.1, -0.05) is 25.1 Å². The van der Waals surface area contributed by atoms with Crippen LogP contribution in [0, 0.1) is 11.7 Å². The van der Waals surface area contributed by atoms with Crippen LogP contribution < -0.4 is 4.72 Å². The highest BCUT2D eigenvalue weighted by Crippen LogP contribution is 2.16. The molecule has 0 amide bonds. The van der Waals surface area contributed by atoms with Crippen molar-refractivity contribution < 1.29 is 8.94 Å². The summed E-state index contributed by atoms with van der Waals surface area (Å²) in [4.78, 5) is 0. The predicted octanol–water partition coefficient (Wildman–Crippen LogP) is 3.45. The lowest BCUT2D eigenvalue weighted by molar-refractivity contribution is 0.495. The zero-order chi connectivity index (χ0) is 14.5. The van der Waals surface area contributed by atoms with Gasteiger partial charge in [0.15, 0.2) is 0 Å². The predicted molar refractivity (Wildman–Crippen MR) is 79.8 cm³/mol. The molecule has 1 unspecified atom stereocenters. The minimum atomic E-state index is -1.03. The van der Waals surface area contributed by atoms with Gasteiger partial charge in [-0.2, -0.15) is 0 Å². The number of hydrogen-bond acceptors (Lipinski definition) is 2. The van der Waals surface area contributed by atoms with E-state index in [0.29, 0.717) is 12.5 Å². The van der Waals surface area contributed by atoms with Gasteiger partial charge in [0, 0.05) is 17.9 Å². The minimum Gasteiger partial charge on any atom is -0.598 e. The molecule has 0 aliphatic rings. The molecule has 0 aromatic heterocycles. The van der Waals surface area contributed by atoms with E-state index in [9.17, 15) is 8.94 Å². The molecule has 0 fully saturated rings. The van der Waals surface area contributed by atoms with E-state index in [1.54, 1.807) is 6.07 Å². The standard InChI is InChI=1S/C15H24FNOS/c1-12(9-10-17-19(18)15(2,3)4)11-13-7-5-6-8-14(13)16/h5-8,12,17H,9-11H2,1-4H3/t12-,19?/m0/s1. The van der Waals surface area contributed by atoms with E-state index in [4.69, 9.17) is 0 Å². The molecule has 4 heteroatoms. The normalized spacial score (nSPS) is 15.3. The molecule has 0 aliphatic carbocycles. The fraction of sp³-hybridized carbons (Fsp3) is 0.600.